The molecule has 2 N–H and O–H groups in total. The second-order valence-corrected chi connectivity index (χ2v) is 8.51. The van der Waals surface area contributed by atoms with E-state index in [0.717, 1.165) is 16.6 Å². The molecule has 0 fully saturated rings. The molecule has 1 unspecified atom stereocenters. The van der Waals surface area contributed by atoms with Gasteiger partial charge in [0.25, 0.3) is 0 Å². The SMILES string of the molecule is N#CC1=C(SCC(=O)Nc2cc(Cl)cc(Cl)c2)NC(=O)CC1c1cccs1. The van der Waals surface area contributed by atoms with Crippen molar-refractivity contribution >= 4 is 63.8 Å². The molecule has 2 aromatic rings. The number of nitriles is 1. The molecule has 0 aliphatic carbocycles. The highest BCUT2D eigenvalue weighted by atomic mass is 35.5. The fraction of sp³-hybridized carbons (Fsp3) is 0.167. The van der Waals surface area contributed by atoms with Crippen LogP contribution in [0.25, 0.3) is 0 Å². The Morgan fingerprint density at radius 1 is 1.37 bits per heavy atom. The molecule has 1 aromatic carbocycles. The van der Waals surface area contributed by atoms with Crippen LogP contribution >= 0.6 is 46.3 Å². The summed E-state index contributed by atoms with van der Waals surface area (Å²) in [5.41, 5.74) is 0.956. The van der Waals surface area contributed by atoms with Crippen LogP contribution in [0.4, 0.5) is 5.69 Å². The van der Waals surface area contributed by atoms with Crippen molar-refractivity contribution in [3.8, 4) is 6.07 Å². The number of thioether (sulfide) groups is 1. The molecular weight excluding hydrogens is 425 g/mol. The van der Waals surface area contributed by atoms with Crippen molar-refractivity contribution in [1.82, 2.24) is 5.32 Å². The summed E-state index contributed by atoms with van der Waals surface area (Å²) in [5, 5.41) is 18.2. The van der Waals surface area contributed by atoms with E-state index in [1.165, 1.54) is 11.3 Å². The Morgan fingerprint density at radius 2 is 2.11 bits per heavy atom. The summed E-state index contributed by atoms with van der Waals surface area (Å²) in [5.74, 6) is -0.712. The average Bonchev–Trinajstić information content (AvgIpc) is 3.13. The maximum absolute atomic E-state index is 12.2. The van der Waals surface area contributed by atoms with Gasteiger partial charge in [0.1, 0.15) is 0 Å². The first-order valence-corrected chi connectivity index (χ1v) is 10.4. The van der Waals surface area contributed by atoms with E-state index in [2.05, 4.69) is 16.7 Å². The van der Waals surface area contributed by atoms with E-state index < -0.39 is 0 Å². The average molecular weight is 438 g/mol. The Hall–Kier alpha value is -1.98. The van der Waals surface area contributed by atoms with E-state index in [-0.39, 0.29) is 29.9 Å². The topological polar surface area (TPSA) is 82.0 Å². The maximum atomic E-state index is 12.2. The van der Waals surface area contributed by atoms with Crippen LogP contribution in [0.3, 0.4) is 0 Å². The van der Waals surface area contributed by atoms with Gasteiger partial charge in [-0.25, -0.2) is 0 Å². The van der Waals surface area contributed by atoms with Gasteiger partial charge in [-0.1, -0.05) is 41.0 Å². The van der Waals surface area contributed by atoms with Crippen LogP contribution in [0.5, 0.6) is 0 Å². The monoisotopic (exact) mass is 437 g/mol. The third-order valence-corrected chi connectivity index (χ3v) is 6.18. The summed E-state index contributed by atoms with van der Waals surface area (Å²) in [7, 11) is 0. The second kappa shape index (κ2) is 8.81. The lowest BCUT2D eigenvalue weighted by Crippen LogP contribution is -2.31. The zero-order valence-electron chi connectivity index (χ0n) is 13.8. The van der Waals surface area contributed by atoms with Crippen molar-refractivity contribution in [2.75, 3.05) is 11.1 Å². The van der Waals surface area contributed by atoms with Gasteiger partial charge in [0, 0.05) is 32.9 Å². The van der Waals surface area contributed by atoms with Crippen LogP contribution in [0.15, 0.2) is 46.3 Å². The highest BCUT2D eigenvalue weighted by molar-refractivity contribution is 8.03. The zero-order chi connectivity index (χ0) is 19.4. The Bertz CT molecular complexity index is 932. The minimum Gasteiger partial charge on any atom is -0.325 e. The minimum absolute atomic E-state index is 0.0298. The number of benzene rings is 1. The number of thiophene rings is 1. The highest BCUT2D eigenvalue weighted by Crippen LogP contribution is 2.37. The van der Waals surface area contributed by atoms with Crippen molar-refractivity contribution in [3.05, 3.63) is 61.2 Å². The van der Waals surface area contributed by atoms with Crippen molar-refractivity contribution in [1.29, 1.82) is 5.26 Å². The minimum atomic E-state index is -0.296. The summed E-state index contributed by atoms with van der Waals surface area (Å²) in [4.78, 5) is 25.2. The van der Waals surface area contributed by atoms with Gasteiger partial charge in [0.05, 0.1) is 22.4 Å². The Labute approximate surface area is 174 Å². The molecule has 2 heterocycles. The first kappa shape index (κ1) is 19.8. The fourth-order valence-electron chi connectivity index (χ4n) is 2.63. The second-order valence-electron chi connectivity index (χ2n) is 5.67. The van der Waals surface area contributed by atoms with Crippen LogP contribution in [0.2, 0.25) is 10.0 Å². The number of allylic oxidation sites excluding steroid dienone is 1. The molecule has 0 spiro atoms. The van der Waals surface area contributed by atoms with Gasteiger partial charge in [-0.3, -0.25) is 9.59 Å². The lowest BCUT2D eigenvalue weighted by Gasteiger charge is -2.23. The number of nitrogens with zero attached hydrogens (tertiary/aromatic N) is 1. The molecule has 0 radical (unpaired) electrons. The van der Waals surface area contributed by atoms with E-state index in [0.29, 0.717) is 26.3 Å². The van der Waals surface area contributed by atoms with Gasteiger partial charge < -0.3 is 10.6 Å². The van der Waals surface area contributed by atoms with Crippen LogP contribution in [0.1, 0.15) is 17.2 Å². The van der Waals surface area contributed by atoms with E-state index >= 15 is 0 Å². The van der Waals surface area contributed by atoms with Crippen LogP contribution < -0.4 is 10.6 Å². The Kier molecular flexibility index (Phi) is 6.45. The Balaban J connectivity index is 1.72. The molecule has 3 rings (SSSR count). The first-order valence-electron chi connectivity index (χ1n) is 7.82. The third kappa shape index (κ3) is 5.05. The predicted molar refractivity (Wildman–Crippen MR) is 110 cm³/mol. The van der Waals surface area contributed by atoms with Crippen molar-refractivity contribution in [3.63, 3.8) is 0 Å². The van der Waals surface area contributed by atoms with Crippen molar-refractivity contribution in [2.24, 2.45) is 0 Å². The summed E-state index contributed by atoms with van der Waals surface area (Å²) in [6.07, 6.45) is 0.223. The molecule has 0 bridgehead atoms. The number of rotatable bonds is 5. The van der Waals surface area contributed by atoms with E-state index in [1.807, 2.05) is 17.5 Å². The molecule has 9 heteroatoms. The molecule has 5 nitrogen and oxygen atoms in total. The summed E-state index contributed by atoms with van der Waals surface area (Å²) in [6, 6.07) is 10.7. The number of hydrogen-bond donors (Lipinski definition) is 2. The van der Waals surface area contributed by atoms with Gasteiger partial charge in [-0.2, -0.15) is 5.26 Å². The largest absolute Gasteiger partial charge is 0.325 e. The number of carbonyl (C=O) groups excluding carboxylic acids is 2. The normalized spacial score (nSPS) is 16.6. The molecule has 138 valence electrons. The van der Waals surface area contributed by atoms with Gasteiger partial charge in [-0.15, -0.1) is 11.3 Å². The number of nitrogens with one attached hydrogen (secondary N) is 2. The molecule has 0 saturated carbocycles. The van der Waals surface area contributed by atoms with Gasteiger partial charge in [-0.05, 0) is 29.6 Å². The zero-order valence-corrected chi connectivity index (χ0v) is 16.9. The molecule has 1 aliphatic rings. The van der Waals surface area contributed by atoms with Gasteiger partial charge >= 0.3 is 0 Å². The highest BCUT2D eigenvalue weighted by Gasteiger charge is 2.30. The van der Waals surface area contributed by atoms with E-state index in [4.69, 9.17) is 23.2 Å². The first-order chi connectivity index (χ1) is 13.0. The number of amides is 2. The van der Waals surface area contributed by atoms with Gasteiger partial charge in [0.15, 0.2) is 0 Å². The van der Waals surface area contributed by atoms with Gasteiger partial charge in [0.2, 0.25) is 11.8 Å². The van der Waals surface area contributed by atoms with Crippen molar-refractivity contribution < 1.29 is 9.59 Å². The molecule has 0 saturated heterocycles. The number of hydrogen-bond acceptors (Lipinski definition) is 5. The quantitative estimate of drug-likeness (QED) is 0.705. The lowest BCUT2D eigenvalue weighted by atomic mass is 9.93. The molecule has 1 aliphatic heterocycles. The van der Waals surface area contributed by atoms with Crippen LogP contribution in [-0.4, -0.2) is 17.6 Å². The van der Waals surface area contributed by atoms with Crippen molar-refractivity contribution in [2.45, 2.75) is 12.3 Å². The van der Waals surface area contributed by atoms with E-state index in [1.54, 1.807) is 18.2 Å². The standard InChI is InChI=1S/C18H13Cl2N3O2S2/c19-10-4-11(20)6-12(5-10)22-17(25)9-27-18-14(8-21)13(7-16(24)23-18)15-2-1-3-26-15/h1-6,13H,7,9H2,(H,22,25)(H,23,24). The summed E-state index contributed by atoms with van der Waals surface area (Å²) < 4.78 is 0. The van der Waals surface area contributed by atoms with E-state index in [9.17, 15) is 14.9 Å². The Morgan fingerprint density at radius 3 is 2.74 bits per heavy atom. The molecule has 1 atom stereocenters. The van der Waals surface area contributed by atoms with Crippen LogP contribution in [0, 0.1) is 11.3 Å². The van der Waals surface area contributed by atoms with Crippen LogP contribution in [-0.2, 0) is 9.59 Å². The molecular formula is C18H13Cl2N3O2S2. The molecule has 27 heavy (non-hydrogen) atoms. The molecule has 2 amide bonds. The molecule has 1 aromatic heterocycles. The number of anilines is 1. The fourth-order valence-corrected chi connectivity index (χ4v) is 4.87. The number of halogens is 2. The number of carbonyl (C=O) groups is 2. The lowest BCUT2D eigenvalue weighted by molar-refractivity contribution is -0.121. The smallest absolute Gasteiger partial charge is 0.234 e. The maximum Gasteiger partial charge on any atom is 0.234 e. The third-order valence-electron chi connectivity index (χ3n) is 3.74. The predicted octanol–water partition coefficient (Wildman–Crippen LogP) is 4.77. The summed E-state index contributed by atoms with van der Waals surface area (Å²) in [6.45, 7) is 0. The summed E-state index contributed by atoms with van der Waals surface area (Å²) >= 11 is 14.5.